The van der Waals surface area contributed by atoms with Gasteiger partial charge in [-0.2, -0.15) is 0 Å². The van der Waals surface area contributed by atoms with E-state index >= 15 is 0 Å². The molecule has 0 aliphatic heterocycles. The summed E-state index contributed by atoms with van der Waals surface area (Å²) < 4.78 is 33.0. The van der Waals surface area contributed by atoms with Crippen molar-refractivity contribution in [2.75, 3.05) is 10.0 Å². The molecule has 0 spiro atoms. The van der Waals surface area contributed by atoms with Crippen LogP contribution in [0.3, 0.4) is 0 Å². The van der Waals surface area contributed by atoms with Crippen molar-refractivity contribution in [3.05, 3.63) is 101 Å². The summed E-state index contributed by atoms with van der Waals surface area (Å²) in [5, 5.41) is 7.37. The highest BCUT2D eigenvalue weighted by molar-refractivity contribution is 7.92. The lowest BCUT2D eigenvalue weighted by Crippen LogP contribution is -2.15. The summed E-state index contributed by atoms with van der Waals surface area (Å²) in [6.07, 6.45) is 0. The van der Waals surface area contributed by atoms with Crippen LogP contribution in [0.1, 0.15) is 32.7 Å². The lowest BCUT2D eigenvalue weighted by Gasteiger charge is -2.12. The molecule has 5 rings (SSSR count). The highest BCUT2D eigenvalue weighted by Gasteiger charge is 2.20. The van der Waals surface area contributed by atoms with Crippen LogP contribution in [-0.2, 0) is 10.0 Å². The standard InChI is InChI=1S/C29H26N4O4S/c1-17-9-10-21(15-18(17)2)27-16-25(24-7-5-6-8-26(24)31-27)28(34)30-22-11-13-23(14-12-22)38(35,36)33-29-19(3)20(4)32-37-29/h5-16,33H,1-4H3,(H,30,34). The molecule has 2 aromatic heterocycles. The molecule has 2 N–H and O–H groups in total. The number of amides is 1. The summed E-state index contributed by atoms with van der Waals surface area (Å²) in [5.74, 6) is -0.251. The Kier molecular flexibility index (Phi) is 6.46. The third-order valence-corrected chi connectivity index (χ3v) is 7.92. The van der Waals surface area contributed by atoms with Crippen LogP contribution in [0, 0.1) is 27.7 Å². The fourth-order valence-electron chi connectivity index (χ4n) is 4.02. The van der Waals surface area contributed by atoms with E-state index in [1.165, 1.54) is 17.7 Å². The summed E-state index contributed by atoms with van der Waals surface area (Å²) in [6.45, 7) is 7.54. The van der Waals surface area contributed by atoms with E-state index in [1.54, 1.807) is 32.0 Å². The van der Waals surface area contributed by atoms with Gasteiger partial charge in [0.05, 0.1) is 27.4 Å². The van der Waals surface area contributed by atoms with Crippen LogP contribution >= 0.6 is 0 Å². The van der Waals surface area contributed by atoms with E-state index in [4.69, 9.17) is 9.51 Å². The molecule has 2 heterocycles. The van der Waals surface area contributed by atoms with Crippen LogP contribution in [0.4, 0.5) is 11.6 Å². The van der Waals surface area contributed by atoms with Crippen LogP contribution in [0.2, 0.25) is 0 Å². The van der Waals surface area contributed by atoms with Crippen molar-refractivity contribution in [2.45, 2.75) is 32.6 Å². The van der Waals surface area contributed by atoms with Gasteiger partial charge < -0.3 is 9.84 Å². The molecule has 5 aromatic rings. The average Bonchev–Trinajstić information content (AvgIpc) is 3.21. The topological polar surface area (TPSA) is 114 Å². The predicted octanol–water partition coefficient (Wildman–Crippen LogP) is 6.18. The highest BCUT2D eigenvalue weighted by Crippen LogP contribution is 2.28. The Hall–Kier alpha value is -4.50. The van der Waals surface area contributed by atoms with Crippen molar-refractivity contribution < 1.29 is 17.7 Å². The van der Waals surface area contributed by atoms with E-state index in [2.05, 4.69) is 28.2 Å². The Balaban J connectivity index is 1.42. The van der Waals surface area contributed by atoms with Crippen molar-refractivity contribution in [1.29, 1.82) is 0 Å². The number of aryl methyl sites for hydroxylation is 3. The number of sulfonamides is 1. The van der Waals surface area contributed by atoms with Gasteiger partial charge in [0.2, 0.25) is 5.88 Å². The number of nitrogens with one attached hydrogen (secondary N) is 2. The first-order valence-corrected chi connectivity index (χ1v) is 13.5. The molecule has 0 saturated carbocycles. The van der Waals surface area contributed by atoms with Crippen molar-refractivity contribution in [3.8, 4) is 11.3 Å². The molecule has 0 unspecified atom stereocenters. The maximum Gasteiger partial charge on any atom is 0.264 e. The molecule has 0 aliphatic rings. The number of hydrogen-bond donors (Lipinski definition) is 2. The average molecular weight is 527 g/mol. The zero-order valence-electron chi connectivity index (χ0n) is 21.4. The van der Waals surface area contributed by atoms with Gasteiger partial charge in [0, 0.05) is 22.2 Å². The van der Waals surface area contributed by atoms with Crippen molar-refractivity contribution >= 4 is 38.4 Å². The summed E-state index contributed by atoms with van der Waals surface area (Å²) >= 11 is 0. The number of benzene rings is 3. The van der Waals surface area contributed by atoms with Crippen molar-refractivity contribution in [2.24, 2.45) is 0 Å². The largest absolute Gasteiger partial charge is 0.337 e. The number of pyridine rings is 1. The molecule has 0 saturated heterocycles. The SMILES string of the molecule is Cc1ccc(-c2cc(C(=O)Nc3ccc(S(=O)(=O)Nc4onc(C)c4C)cc3)c3ccccc3n2)cc1C. The number of nitrogens with zero attached hydrogens (tertiary/aromatic N) is 2. The number of hydrogen-bond acceptors (Lipinski definition) is 6. The van der Waals surface area contributed by atoms with E-state index < -0.39 is 10.0 Å². The summed E-state index contributed by atoms with van der Waals surface area (Å²) in [7, 11) is -3.90. The molecule has 0 bridgehead atoms. The summed E-state index contributed by atoms with van der Waals surface area (Å²) in [5.41, 5.74) is 6.79. The first-order chi connectivity index (χ1) is 18.1. The van der Waals surface area contributed by atoms with Crippen LogP contribution in [0.15, 0.2) is 82.2 Å². The second-order valence-electron chi connectivity index (χ2n) is 9.18. The van der Waals surface area contributed by atoms with Gasteiger partial charge in [0.15, 0.2) is 0 Å². The lowest BCUT2D eigenvalue weighted by atomic mass is 10.0. The number of anilines is 2. The maximum absolute atomic E-state index is 13.4. The monoisotopic (exact) mass is 526 g/mol. The van der Waals surface area contributed by atoms with E-state index in [-0.39, 0.29) is 16.7 Å². The predicted molar refractivity (Wildman–Crippen MR) is 148 cm³/mol. The fourth-order valence-corrected chi connectivity index (χ4v) is 5.07. The van der Waals surface area contributed by atoms with Crippen LogP contribution in [0.25, 0.3) is 22.2 Å². The van der Waals surface area contributed by atoms with Gasteiger partial charge in [0.1, 0.15) is 0 Å². The minimum atomic E-state index is -3.90. The second kappa shape index (κ2) is 9.75. The Labute approximate surface area is 220 Å². The number of rotatable bonds is 6. The minimum absolute atomic E-state index is 0.0235. The van der Waals surface area contributed by atoms with Gasteiger partial charge in [-0.3, -0.25) is 4.79 Å². The van der Waals surface area contributed by atoms with E-state index in [0.717, 1.165) is 16.5 Å². The van der Waals surface area contributed by atoms with Gasteiger partial charge in [-0.15, -0.1) is 0 Å². The maximum atomic E-state index is 13.4. The molecular formula is C29H26N4O4S. The Morgan fingerprint density at radius 2 is 1.61 bits per heavy atom. The fraction of sp³-hybridized carbons (Fsp3) is 0.138. The normalized spacial score (nSPS) is 11.5. The number of para-hydroxylation sites is 1. The van der Waals surface area contributed by atoms with E-state index in [9.17, 15) is 13.2 Å². The Morgan fingerprint density at radius 3 is 2.29 bits per heavy atom. The van der Waals surface area contributed by atoms with Crippen molar-refractivity contribution in [3.63, 3.8) is 0 Å². The Bertz CT molecular complexity index is 1790. The quantitative estimate of drug-likeness (QED) is 0.273. The molecule has 1 amide bonds. The zero-order chi connectivity index (χ0) is 27.0. The molecule has 8 nitrogen and oxygen atoms in total. The summed E-state index contributed by atoms with van der Waals surface area (Å²) in [4.78, 5) is 18.2. The number of aromatic nitrogens is 2. The zero-order valence-corrected chi connectivity index (χ0v) is 22.2. The van der Waals surface area contributed by atoms with Crippen molar-refractivity contribution in [1.82, 2.24) is 10.1 Å². The minimum Gasteiger partial charge on any atom is -0.337 e. The molecule has 0 atom stereocenters. The number of carbonyl (C=O) groups excluding carboxylic acids is 1. The Morgan fingerprint density at radius 1 is 0.868 bits per heavy atom. The van der Waals surface area contributed by atoms with Crippen LogP contribution < -0.4 is 10.0 Å². The molecule has 0 radical (unpaired) electrons. The van der Waals surface area contributed by atoms with Gasteiger partial charge in [-0.05, 0) is 81.3 Å². The van der Waals surface area contributed by atoms with E-state index in [0.29, 0.717) is 33.7 Å². The summed E-state index contributed by atoms with van der Waals surface area (Å²) in [6, 6.07) is 21.3. The van der Waals surface area contributed by atoms with Gasteiger partial charge in [-0.25, -0.2) is 18.1 Å². The van der Waals surface area contributed by atoms with Crippen LogP contribution in [-0.4, -0.2) is 24.5 Å². The smallest absolute Gasteiger partial charge is 0.264 e. The molecule has 38 heavy (non-hydrogen) atoms. The number of fused-ring (bicyclic) bond motifs is 1. The van der Waals surface area contributed by atoms with Crippen LogP contribution in [0.5, 0.6) is 0 Å². The molecule has 0 fully saturated rings. The highest BCUT2D eigenvalue weighted by atomic mass is 32.2. The first kappa shape index (κ1) is 25.2. The lowest BCUT2D eigenvalue weighted by molar-refractivity contribution is 0.102. The molecule has 3 aromatic carbocycles. The molecule has 0 aliphatic carbocycles. The third-order valence-electron chi connectivity index (χ3n) is 6.57. The second-order valence-corrected chi connectivity index (χ2v) is 10.9. The van der Waals surface area contributed by atoms with E-state index in [1.807, 2.05) is 43.3 Å². The third kappa shape index (κ3) is 4.88. The van der Waals surface area contributed by atoms with Gasteiger partial charge >= 0.3 is 0 Å². The number of carbonyl (C=O) groups is 1. The van der Waals surface area contributed by atoms with Gasteiger partial charge in [-0.1, -0.05) is 35.5 Å². The molecular weight excluding hydrogens is 500 g/mol. The van der Waals surface area contributed by atoms with Gasteiger partial charge in [0.25, 0.3) is 15.9 Å². The molecule has 192 valence electrons. The molecule has 9 heteroatoms. The first-order valence-electron chi connectivity index (χ1n) is 12.0.